The van der Waals surface area contributed by atoms with E-state index in [1.54, 1.807) is 45.0 Å². The topological polar surface area (TPSA) is 88.0 Å². The van der Waals surface area contributed by atoms with Crippen LogP contribution in [0.3, 0.4) is 0 Å². The van der Waals surface area contributed by atoms with Crippen molar-refractivity contribution in [3.8, 4) is 11.5 Å². The number of hydrogen-bond acceptors (Lipinski definition) is 6. The fourth-order valence-electron chi connectivity index (χ4n) is 3.12. The van der Waals surface area contributed by atoms with Crippen molar-refractivity contribution in [3.05, 3.63) is 59.2 Å². The van der Waals surface area contributed by atoms with Gasteiger partial charge in [-0.2, -0.15) is 0 Å². The standard InChI is InChI=1S/C24H33NO5/c1-6-29-23(28)24(4,5)30-21-12-7-18(15-16(21)2)13-14-25-17(3)22(27)19-8-10-20(26)11-9-19/h7-12,15,17,22,25-27H,6,13-14H2,1-5H3/t17-,22+/m0/s1. The van der Waals surface area contributed by atoms with E-state index in [0.29, 0.717) is 18.9 Å². The van der Waals surface area contributed by atoms with Crippen LogP contribution in [0.1, 0.15) is 50.5 Å². The number of aliphatic hydroxyl groups is 1. The molecule has 2 aromatic carbocycles. The second kappa shape index (κ2) is 10.5. The van der Waals surface area contributed by atoms with Crippen LogP contribution in [-0.4, -0.2) is 41.0 Å². The van der Waals surface area contributed by atoms with Crippen molar-refractivity contribution in [2.24, 2.45) is 0 Å². The lowest BCUT2D eigenvalue weighted by atomic mass is 10.0. The molecular formula is C24H33NO5. The lowest BCUT2D eigenvalue weighted by molar-refractivity contribution is -0.158. The molecule has 0 amide bonds. The molecule has 0 unspecified atom stereocenters. The van der Waals surface area contributed by atoms with E-state index in [4.69, 9.17) is 9.47 Å². The van der Waals surface area contributed by atoms with Crippen LogP contribution in [0.15, 0.2) is 42.5 Å². The summed E-state index contributed by atoms with van der Waals surface area (Å²) in [5.41, 5.74) is 1.79. The average Bonchev–Trinajstić information content (AvgIpc) is 2.70. The Morgan fingerprint density at radius 1 is 1.17 bits per heavy atom. The van der Waals surface area contributed by atoms with E-state index in [9.17, 15) is 15.0 Å². The maximum Gasteiger partial charge on any atom is 0.349 e. The number of phenols is 1. The number of carbonyl (C=O) groups is 1. The third-order valence-corrected chi connectivity index (χ3v) is 4.96. The molecule has 2 aromatic rings. The zero-order chi connectivity index (χ0) is 22.3. The number of nitrogens with one attached hydrogen (secondary N) is 1. The molecule has 6 nitrogen and oxygen atoms in total. The zero-order valence-corrected chi connectivity index (χ0v) is 18.4. The van der Waals surface area contributed by atoms with Crippen molar-refractivity contribution in [2.75, 3.05) is 13.2 Å². The van der Waals surface area contributed by atoms with Gasteiger partial charge in [-0.3, -0.25) is 0 Å². The minimum atomic E-state index is -1.05. The molecule has 164 valence electrons. The van der Waals surface area contributed by atoms with Gasteiger partial charge in [0.1, 0.15) is 11.5 Å². The van der Waals surface area contributed by atoms with Crippen LogP contribution in [0.5, 0.6) is 11.5 Å². The summed E-state index contributed by atoms with van der Waals surface area (Å²) in [6, 6.07) is 12.3. The Kier molecular flexibility index (Phi) is 8.26. The molecule has 6 heteroatoms. The van der Waals surface area contributed by atoms with Gasteiger partial charge < -0.3 is 25.0 Å². The first-order valence-corrected chi connectivity index (χ1v) is 10.3. The number of rotatable bonds is 10. The van der Waals surface area contributed by atoms with Crippen molar-refractivity contribution >= 4 is 5.97 Å². The summed E-state index contributed by atoms with van der Waals surface area (Å²) in [7, 11) is 0. The zero-order valence-electron chi connectivity index (χ0n) is 18.4. The maximum atomic E-state index is 12.0. The van der Waals surface area contributed by atoms with Crippen molar-refractivity contribution in [2.45, 2.75) is 58.8 Å². The highest BCUT2D eigenvalue weighted by atomic mass is 16.6. The van der Waals surface area contributed by atoms with Crippen LogP contribution in [0.2, 0.25) is 0 Å². The van der Waals surface area contributed by atoms with Gasteiger partial charge in [-0.1, -0.05) is 24.3 Å². The minimum Gasteiger partial charge on any atom is -0.508 e. The molecule has 0 spiro atoms. The summed E-state index contributed by atoms with van der Waals surface area (Å²) in [6.07, 6.45) is 0.128. The molecule has 2 rings (SSSR count). The quantitative estimate of drug-likeness (QED) is 0.513. The molecule has 0 aliphatic heterocycles. The van der Waals surface area contributed by atoms with Gasteiger partial charge in [0.25, 0.3) is 0 Å². The lowest BCUT2D eigenvalue weighted by Crippen LogP contribution is -2.39. The van der Waals surface area contributed by atoms with E-state index in [1.165, 1.54) is 0 Å². The number of aromatic hydroxyl groups is 1. The van der Waals surface area contributed by atoms with Gasteiger partial charge in [-0.15, -0.1) is 0 Å². The Morgan fingerprint density at radius 2 is 1.83 bits per heavy atom. The van der Waals surface area contributed by atoms with Gasteiger partial charge in [0, 0.05) is 6.04 Å². The van der Waals surface area contributed by atoms with Crippen molar-refractivity contribution < 1.29 is 24.5 Å². The molecule has 0 aromatic heterocycles. The Balaban J connectivity index is 1.90. The van der Waals surface area contributed by atoms with Gasteiger partial charge in [-0.05, 0) is 82.5 Å². The summed E-state index contributed by atoms with van der Waals surface area (Å²) in [5.74, 6) is 0.444. The van der Waals surface area contributed by atoms with Crippen LogP contribution >= 0.6 is 0 Å². The second-order valence-electron chi connectivity index (χ2n) is 7.96. The van der Waals surface area contributed by atoms with Crippen LogP contribution in [0.4, 0.5) is 0 Å². The fraction of sp³-hybridized carbons (Fsp3) is 0.458. The second-order valence-corrected chi connectivity index (χ2v) is 7.96. The number of esters is 1. The highest BCUT2D eigenvalue weighted by Gasteiger charge is 2.32. The molecule has 0 aliphatic carbocycles. The third kappa shape index (κ3) is 6.47. The SMILES string of the molecule is CCOC(=O)C(C)(C)Oc1ccc(CCN[C@@H](C)[C@@H](O)c2ccc(O)cc2)cc1C. The monoisotopic (exact) mass is 415 g/mol. The van der Waals surface area contributed by atoms with Crippen molar-refractivity contribution in [1.29, 1.82) is 0 Å². The highest BCUT2D eigenvalue weighted by molar-refractivity contribution is 5.79. The Bertz CT molecular complexity index is 832. The highest BCUT2D eigenvalue weighted by Crippen LogP contribution is 2.25. The lowest BCUT2D eigenvalue weighted by Gasteiger charge is -2.25. The predicted molar refractivity (Wildman–Crippen MR) is 117 cm³/mol. The van der Waals surface area contributed by atoms with E-state index < -0.39 is 11.7 Å². The van der Waals surface area contributed by atoms with E-state index in [-0.39, 0.29) is 17.8 Å². The number of benzene rings is 2. The van der Waals surface area contributed by atoms with Gasteiger partial charge >= 0.3 is 5.97 Å². The van der Waals surface area contributed by atoms with Crippen LogP contribution in [-0.2, 0) is 16.0 Å². The average molecular weight is 416 g/mol. The predicted octanol–water partition coefficient (Wildman–Crippen LogP) is 3.68. The number of phenolic OH excluding ortho intramolecular Hbond substituents is 1. The normalized spacial score (nSPS) is 13.5. The Hall–Kier alpha value is -2.57. The minimum absolute atomic E-state index is 0.136. The molecule has 0 bridgehead atoms. The Morgan fingerprint density at radius 3 is 2.43 bits per heavy atom. The molecule has 0 heterocycles. The molecule has 30 heavy (non-hydrogen) atoms. The molecule has 0 radical (unpaired) electrons. The number of ether oxygens (including phenoxy) is 2. The van der Waals surface area contributed by atoms with Gasteiger partial charge in [0.2, 0.25) is 0 Å². The van der Waals surface area contributed by atoms with Crippen molar-refractivity contribution in [3.63, 3.8) is 0 Å². The third-order valence-electron chi connectivity index (χ3n) is 4.96. The fourth-order valence-corrected chi connectivity index (χ4v) is 3.12. The van der Waals surface area contributed by atoms with E-state index >= 15 is 0 Å². The first-order valence-electron chi connectivity index (χ1n) is 10.3. The van der Waals surface area contributed by atoms with Crippen LogP contribution in [0.25, 0.3) is 0 Å². The van der Waals surface area contributed by atoms with Gasteiger partial charge in [0.15, 0.2) is 5.60 Å². The summed E-state index contributed by atoms with van der Waals surface area (Å²) in [6.45, 7) is 10.1. The summed E-state index contributed by atoms with van der Waals surface area (Å²) < 4.78 is 11.0. The van der Waals surface area contributed by atoms with E-state index in [1.807, 2.05) is 32.0 Å². The molecule has 0 fully saturated rings. The Labute approximate surface area is 178 Å². The van der Waals surface area contributed by atoms with Crippen LogP contribution < -0.4 is 10.1 Å². The first kappa shape index (κ1) is 23.7. The van der Waals surface area contributed by atoms with Gasteiger partial charge in [0.05, 0.1) is 12.7 Å². The van der Waals surface area contributed by atoms with E-state index in [2.05, 4.69) is 5.32 Å². The first-order chi connectivity index (χ1) is 14.1. The largest absolute Gasteiger partial charge is 0.508 e. The number of aliphatic hydroxyl groups excluding tert-OH is 1. The molecule has 0 aliphatic rings. The summed E-state index contributed by atoms with van der Waals surface area (Å²) in [5, 5.41) is 23.2. The van der Waals surface area contributed by atoms with Crippen LogP contribution in [0, 0.1) is 6.92 Å². The molecule has 0 saturated carbocycles. The molecular weight excluding hydrogens is 382 g/mol. The molecule has 3 N–H and O–H groups in total. The summed E-state index contributed by atoms with van der Waals surface area (Å²) >= 11 is 0. The maximum absolute atomic E-state index is 12.0. The smallest absolute Gasteiger partial charge is 0.349 e. The molecule has 0 saturated heterocycles. The number of carbonyl (C=O) groups excluding carboxylic acids is 1. The number of aryl methyl sites for hydroxylation is 1. The van der Waals surface area contributed by atoms with E-state index in [0.717, 1.165) is 23.1 Å². The van der Waals surface area contributed by atoms with Crippen molar-refractivity contribution in [1.82, 2.24) is 5.32 Å². The van der Waals surface area contributed by atoms with Gasteiger partial charge in [-0.25, -0.2) is 4.79 Å². The number of hydrogen-bond donors (Lipinski definition) is 3. The summed E-state index contributed by atoms with van der Waals surface area (Å²) in [4.78, 5) is 12.0. The molecule has 2 atom stereocenters.